The lowest BCUT2D eigenvalue weighted by molar-refractivity contribution is 0.282. The lowest BCUT2D eigenvalue weighted by atomic mass is 9.57. The van der Waals surface area contributed by atoms with Crippen LogP contribution in [0, 0.1) is 0 Å². The van der Waals surface area contributed by atoms with E-state index in [1.807, 2.05) is 0 Å². The summed E-state index contributed by atoms with van der Waals surface area (Å²) in [6.07, 6.45) is 25.8. The van der Waals surface area contributed by atoms with E-state index in [1.54, 1.807) is 0 Å². The first kappa shape index (κ1) is 23.1. The van der Waals surface area contributed by atoms with Crippen LogP contribution in [-0.4, -0.2) is 26.3 Å². The highest BCUT2D eigenvalue weighted by atomic mass is 16.2. The van der Waals surface area contributed by atoms with Gasteiger partial charge in [-0.05, 0) is 6.42 Å². The summed E-state index contributed by atoms with van der Waals surface area (Å²) < 4.78 is 0. The SMILES string of the molecule is CBC(CCCO)CCCCCCBC1CCCCCCCCCC1. The maximum Gasteiger partial charge on any atom is 0.124 e. The van der Waals surface area contributed by atoms with E-state index >= 15 is 0 Å². The van der Waals surface area contributed by atoms with E-state index < -0.39 is 0 Å². The minimum atomic E-state index is 0.373. The summed E-state index contributed by atoms with van der Waals surface area (Å²) in [6, 6.07) is 0. The molecule has 0 aliphatic heterocycles. The lowest BCUT2D eigenvalue weighted by Gasteiger charge is -2.15. The average Bonchev–Trinajstić information content (AvgIpc) is 2.69. The van der Waals surface area contributed by atoms with Gasteiger partial charge < -0.3 is 5.11 Å². The first-order valence-electron chi connectivity index (χ1n) is 12.0. The van der Waals surface area contributed by atoms with Gasteiger partial charge in [0.15, 0.2) is 0 Å². The molecule has 0 aromatic carbocycles. The first-order valence-corrected chi connectivity index (χ1v) is 12.0. The molecule has 1 saturated carbocycles. The van der Waals surface area contributed by atoms with Gasteiger partial charge in [0.1, 0.15) is 14.6 Å². The van der Waals surface area contributed by atoms with Crippen LogP contribution in [0.5, 0.6) is 0 Å². The van der Waals surface area contributed by atoms with Crippen LogP contribution in [0.25, 0.3) is 0 Å². The number of aliphatic hydroxyl groups excluding tert-OH is 1. The molecule has 146 valence electrons. The highest BCUT2D eigenvalue weighted by Crippen LogP contribution is 2.26. The molecule has 0 heterocycles. The van der Waals surface area contributed by atoms with Gasteiger partial charge in [-0.15, -0.1) is 0 Å². The van der Waals surface area contributed by atoms with Gasteiger partial charge in [-0.3, -0.25) is 0 Å². The second kappa shape index (κ2) is 17.5. The number of unbranched alkanes of at least 4 members (excludes halogenated alkanes) is 3. The number of rotatable bonds is 12. The lowest BCUT2D eigenvalue weighted by Crippen LogP contribution is -2.04. The molecule has 1 unspecified atom stereocenters. The Balaban J connectivity index is 2.00. The van der Waals surface area contributed by atoms with E-state index in [2.05, 4.69) is 6.82 Å². The number of hydrogen-bond donors (Lipinski definition) is 1. The topological polar surface area (TPSA) is 20.2 Å². The van der Waals surface area contributed by atoms with Crippen molar-refractivity contribution in [1.29, 1.82) is 0 Å². The second-order valence-corrected chi connectivity index (χ2v) is 8.76. The number of hydrogen-bond acceptors (Lipinski definition) is 1. The third-order valence-corrected chi connectivity index (χ3v) is 6.55. The van der Waals surface area contributed by atoms with Crippen molar-refractivity contribution in [2.75, 3.05) is 6.61 Å². The van der Waals surface area contributed by atoms with Crippen molar-refractivity contribution in [3.8, 4) is 0 Å². The molecule has 0 radical (unpaired) electrons. The largest absolute Gasteiger partial charge is 0.396 e. The van der Waals surface area contributed by atoms with Crippen LogP contribution in [0.15, 0.2) is 0 Å². The molecule has 1 aliphatic rings. The van der Waals surface area contributed by atoms with Crippen molar-refractivity contribution in [3.05, 3.63) is 0 Å². The predicted molar refractivity (Wildman–Crippen MR) is 118 cm³/mol. The normalized spacial score (nSPS) is 19.1. The molecule has 0 spiro atoms. The third-order valence-electron chi connectivity index (χ3n) is 6.55. The Morgan fingerprint density at radius 3 is 1.92 bits per heavy atom. The summed E-state index contributed by atoms with van der Waals surface area (Å²) in [5, 5.41) is 8.96. The van der Waals surface area contributed by atoms with Gasteiger partial charge in [0.2, 0.25) is 0 Å². The summed E-state index contributed by atoms with van der Waals surface area (Å²) in [6.45, 7) is 2.68. The molecule has 25 heavy (non-hydrogen) atoms. The minimum absolute atomic E-state index is 0.373. The maximum absolute atomic E-state index is 8.96. The number of aliphatic hydroxyl groups is 1. The molecule has 1 N–H and O–H groups in total. The van der Waals surface area contributed by atoms with E-state index in [0.29, 0.717) is 6.61 Å². The molecule has 0 aromatic rings. The van der Waals surface area contributed by atoms with Crippen LogP contribution < -0.4 is 0 Å². The summed E-state index contributed by atoms with van der Waals surface area (Å²) in [5.74, 6) is 1.90. The molecule has 0 saturated heterocycles. The van der Waals surface area contributed by atoms with Gasteiger partial charge in [0.25, 0.3) is 0 Å². The standard InChI is InChI=1S/C22H46B2O/c1-23-21(18-14-20-25)15-10-8-9-13-19-24-22-16-11-6-4-2-3-5-7-12-17-22/h21-25H,2-20H2,1H3. The van der Waals surface area contributed by atoms with Gasteiger partial charge in [-0.2, -0.15) is 0 Å². The fourth-order valence-corrected chi connectivity index (χ4v) is 4.69. The summed E-state index contributed by atoms with van der Waals surface area (Å²) in [5.41, 5.74) is 0. The van der Waals surface area contributed by atoms with Gasteiger partial charge in [0.05, 0.1) is 0 Å². The summed E-state index contributed by atoms with van der Waals surface area (Å²) in [4.78, 5) is 0. The van der Waals surface area contributed by atoms with E-state index in [0.717, 1.165) is 18.1 Å². The Hall–Kier alpha value is 0.0899. The highest BCUT2D eigenvalue weighted by Gasteiger charge is 2.11. The van der Waals surface area contributed by atoms with Gasteiger partial charge >= 0.3 is 0 Å². The Morgan fingerprint density at radius 2 is 1.32 bits per heavy atom. The van der Waals surface area contributed by atoms with Crippen molar-refractivity contribution in [1.82, 2.24) is 0 Å². The van der Waals surface area contributed by atoms with Crippen LogP contribution in [0.1, 0.15) is 109 Å². The van der Waals surface area contributed by atoms with Gasteiger partial charge in [0, 0.05) is 6.61 Å². The molecule has 1 atom stereocenters. The molecular formula is C22H46B2O. The molecule has 1 fully saturated rings. The van der Waals surface area contributed by atoms with E-state index in [1.165, 1.54) is 124 Å². The molecule has 3 heteroatoms. The Morgan fingerprint density at radius 1 is 0.760 bits per heavy atom. The van der Waals surface area contributed by atoms with Crippen LogP contribution in [0.3, 0.4) is 0 Å². The van der Waals surface area contributed by atoms with E-state index in [-0.39, 0.29) is 0 Å². The van der Waals surface area contributed by atoms with Crippen LogP contribution in [0.4, 0.5) is 0 Å². The fourth-order valence-electron chi connectivity index (χ4n) is 4.69. The summed E-state index contributed by atoms with van der Waals surface area (Å²) in [7, 11) is 2.80. The molecule has 0 amide bonds. The minimum Gasteiger partial charge on any atom is -0.396 e. The molecule has 1 rings (SSSR count). The van der Waals surface area contributed by atoms with Crippen LogP contribution in [-0.2, 0) is 0 Å². The average molecular weight is 348 g/mol. The molecule has 0 bridgehead atoms. The summed E-state index contributed by atoms with van der Waals surface area (Å²) >= 11 is 0. The van der Waals surface area contributed by atoms with Crippen LogP contribution in [0.2, 0.25) is 24.8 Å². The smallest absolute Gasteiger partial charge is 0.124 e. The van der Waals surface area contributed by atoms with Crippen molar-refractivity contribution < 1.29 is 5.11 Å². The quantitative estimate of drug-likeness (QED) is 0.314. The molecular weight excluding hydrogens is 302 g/mol. The molecule has 0 aromatic heterocycles. The van der Waals surface area contributed by atoms with Gasteiger partial charge in [-0.1, -0.05) is 128 Å². The molecule has 1 aliphatic carbocycles. The zero-order valence-electron chi connectivity index (χ0n) is 17.5. The highest BCUT2D eigenvalue weighted by molar-refractivity contribution is 6.37. The van der Waals surface area contributed by atoms with Crippen molar-refractivity contribution in [2.24, 2.45) is 0 Å². The van der Waals surface area contributed by atoms with E-state index in [4.69, 9.17) is 5.11 Å². The van der Waals surface area contributed by atoms with Crippen molar-refractivity contribution in [2.45, 2.75) is 134 Å². The monoisotopic (exact) mass is 348 g/mol. The fraction of sp³-hybridized carbons (Fsp3) is 1.00. The predicted octanol–water partition coefficient (Wildman–Crippen LogP) is 6.54. The van der Waals surface area contributed by atoms with Crippen molar-refractivity contribution in [3.63, 3.8) is 0 Å². The van der Waals surface area contributed by atoms with E-state index in [9.17, 15) is 0 Å². The maximum atomic E-state index is 8.96. The Labute approximate surface area is 160 Å². The van der Waals surface area contributed by atoms with Crippen molar-refractivity contribution >= 4 is 14.6 Å². The first-order chi connectivity index (χ1) is 12.4. The van der Waals surface area contributed by atoms with Crippen LogP contribution >= 0.6 is 0 Å². The molecule has 1 nitrogen and oxygen atoms in total. The van der Waals surface area contributed by atoms with Gasteiger partial charge in [-0.25, -0.2) is 0 Å². The third kappa shape index (κ3) is 13.9. The second-order valence-electron chi connectivity index (χ2n) is 8.76. The zero-order chi connectivity index (χ0) is 18.0. The Kier molecular flexibility index (Phi) is 16.2. The zero-order valence-corrected chi connectivity index (χ0v) is 17.5. The Bertz CT molecular complexity index is 261.